The number of rotatable bonds is 7. The van der Waals surface area contributed by atoms with Gasteiger partial charge >= 0.3 is 0 Å². The minimum absolute atomic E-state index is 0.0247. The maximum atomic E-state index is 13.5. The normalized spacial score (nSPS) is 15.2. The maximum absolute atomic E-state index is 13.5. The SMILES string of the molecule is Cc1ccc(F)cc1CC(=O)N(CCN1CCOCC1)Cc1ccco1. The van der Waals surface area contributed by atoms with Crippen LogP contribution in [0.15, 0.2) is 41.0 Å². The van der Waals surface area contributed by atoms with Crippen molar-refractivity contribution in [3.05, 3.63) is 59.3 Å². The lowest BCUT2D eigenvalue weighted by Gasteiger charge is -2.30. The molecule has 140 valence electrons. The van der Waals surface area contributed by atoms with Crippen molar-refractivity contribution in [1.82, 2.24) is 9.80 Å². The van der Waals surface area contributed by atoms with Gasteiger partial charge in [0.2, 0.25) is 5.91 Å². The Balaban J connectivity index is 1.66. The fourth-order valence-electron chi connectivity index (χ4n) is 3.07. The van der Waals surface area contributed by atoms with Crippen molar-refractivity contribution in [2.45, 2.75) is 19.9 Å². The van der Waals surface area contributed by atoms with Crippen LogP contribution in [0.2, 0.25) is 0 Å². The number of hydrogen-bond donors (Lipinski definition) is 0. The molecular formula is C20H25FN2O3. The number of morpholine rings is 1. The largest absolute Gasteiger partial charge is 0.467 e. The minimum Gasteiger partial charge on any atom is -0.467 e. The topological polar surface area (TPSA) is 45.9 Å². The van der Waals surface area contributed by atoms with E-state index in [0.717, 1.165) is 49.7 Å². The first kappa shape index (κ1) is 18.6. The van der Waals surface area contributed by atoms with E-state index in [4.69, 9.17) is 9.15 Å². The molecule has 1 amide bonds. The van der Waals surface area contributed by atoms with Crippen LogP contribution in [-0.2, 0) is 22.5 Å². The third-order valence-electron chi connectivity index (χ3n) is 4.72. The van der Waals surface area contributed by atoms with E-state index in [1.54, 1.807) is 17.2 Å². The molecule has 0 N–H and O–H groups in total. The molecule has 0 spiro atoms. The van der Waals surface area contributed by atoms with Gasteiger partial charge in [-0.3, -0.25) is 9.69 Å². The van der Waals surface area contributed by atoms with Crippen molar-refractivity contribution in [3.8, 4) is 0 Å². The Labute approximate surface area is 153 Å². The van der Waals surface area contributed by atoms with Gasteiger partial charge in [-0.25, -0.2) is 4.39 Å². The lowest BCUT2D eigenvalue weighted by Crippen LogP contribution is -2.43. The average Bonchev–Trinajstić information content (AvgIpc) is 3.15. The first-order valence-electron chi connectivity index (χ1n) is 8.97. The second-order valence-corrected chi connectivity index (χ2v) is 6.60. The number of nitrogens with zero attached hydrogens (tertiary/aromatic N) is 2. The van der Waals surface area contributed by atoms with Gasteiger partial charge in [-0.15, -0.1) is 0 Å². The molecule has 6 heteroatoms. The Morgan fingerprint density at radius 1 is 1.27 bits per heavy atom. The van der Waals surface area contributed by atoms with Crippen LogP contribution in [0.1, 0.15) is 16.9 Å². The Bertz CT molecular complexity index is 712. The molecule has 1 fully saturated rings. The molecule has 2 aromatic rings. The average molecular weight is 360 g/mol. The van der Waals surface area contributed by atoms with Crippen LogP contribution >= 0.6 is 0 Å². The number of aryl methyl sites for hydroxylation is 1. The van der Waals surface area contributed by atoms with Crippen LogP contribution in [0.25, 0.3) is 0 Å². The Morgan fingerprint density at radius 3 is 2.81 bits per heavy atom. The Morgan fingerprint density at radius 2 is 2.08 bits per heavy atom. The van der Waals surface area contributed by atoms with Gasteiger partial charge in [-0.1, -0.05) is 6.07 Å². The fourth-order valence-corrected chi connectivity index (χ4v) is 3.07. The van der Waals surface area contributed by atoms with Crippen molar-refractivity contribution in [2.75, 3.05) is 39.4 Å². The molecule has 1 saturated heterocycles. The third-order valence-corrected chi connectivity index (χ3v) is 4.72. The molecule has 3 rings (SSSR count). The highest BCUT2D eigenvalue weighted by molar-refractivity contribution is 5.79. The molecule has 0 radical (unpaired) electrons. The summed E-state index contributed by atoms with van der Waals surface area (Å²) in [7, 11) is 0. The monoisotopic (exact) mass is 360 g/mol. The Kier molecular flexibility index (Phi) is 6.41. The predicted molar refractivity (Wildman–Crippen MR) is 96.2 cm³/mol. The van der Waals surface area contributed by atoms with Crippen molar-refractivity contribution in [3.63, 3.8) is 0 Å². The fraction of sp³-hybridized carbons (Fsp3) is 0.450. The van der Waals surface area contributed by atoms with Crippen LogP contribution in [0.5, 0.6) is 0 Å². The van der Waals surface area contributed by atoms with E-state index >= 15 is 0 Å². The number of halogens is 1. The third kappa shape index (κ3) is 5.16. The standard InChI is InChI=1S/C20H25FN2O3/c1-16-4-5-18(21)13-17(16)14-20(24)23(15-19-3-2-10-26-19)7-6-22-8-11-25-12-9-22/h2-5,10,13H,6-9,11-12,14-15H2,1H3. The van der Waals surface area contributed by atoms with E-state index < -0.39 is 0 Å². The molecule has 5 nitrogen and oxygen atoms in total. The summed E-state index contributed by atoms with van der Waals surface area (Å²) < 4.78 is 24.3. The van der Waals surface area contributed by atoms with E-state index in [0.29, 0.717) is 13.1 Å². The molecule has 0 unspecified atom stereocenters. The second kappa shape index (κ2) is 8.96. The van der Waals surface area contributed by atoms with Crippen LogP contribution in [0.3, 0.4) is 0 Å². The van der Waals surface area contributed by atoms with Gasteiger partial charge < -0.3 is 14.1 Å². The molecule has 0 aliphatic carbocycles. The predicted octanol–water partition coefficient (Wildman–Crippen LogP) is 2.63. The van der Waals surface area contributed by atoms with Gasteiger partial charge in [0.1, 0.15) is 11.6 Å². The number of benzene rings is 1. The number of furan rings is 1. The first-order chi connectivity index (χ1) is 12.6. The highest BCUT2D eigenvalue weighted by Crippen LogP contribution is 2.14. The molecule has 26 heavy (non-hydrogen) atoms. The summed E-state index contributed by atoms with van der Waals surface area (Å²) in [6.45, 7) is 6.93. The van der Waals surface area contributed by atoms with Gasteiger partial charge in [0.15, 0.2) is 0 Å². The minimum atomic E-state index is -0.315. The number of hydrogen-bond acceptors (Lipinski definition) is 4. The van der Waals surface area contributed by atoms with Gasteiger partial charge in [0.25, 0.3) is 0 Å². The lowest BCUT2D eigenvalue weighted by atomic mass is 10.0. The highest BCUT2D eigenvalue weighted by Gasteiger charge is 2.19. The molecule has 0 atom stereocenters. The molecule has 0 saturated carbocycles. The van der Waals surface area contributed by atoms with Crippen molar-refractivity contribution in [2.24, 2.45) is 0 Å². The zero-order valence-electron chi connectivity index (χ0n) is 15.1. The van der Waals surface area contributed by atoms with E-state index in [9.17, 15) is 9.18 Å². The zero-order chi connectivity index (χ0) is 18.4. The van der Waals surface area contributed by atoms with E-state index in [1.807, 2.05) is 19.1 Å². The van der Waals surface area contributed by atoms with E-state index in [2.05, 4.69) is 4.90 Å². The highest BCUT2D eigenvalue weighted by atomic mass is 19.1. The number of amides is 1. The summed E-state index contributed by atoms with van der Waals surface area (Å²) in [5.41, 5.74) is 1.65. The summed E-state index contributed by atoms with van der Waals surface area (Å²) in [6.07, 6.45) is 1.80. The van der Waals surface area contributed by atoms with Crippen molar-refractivity contribution in [1.29, 1.82) is 0 Å². The van der Waals surface area contributed by atoms with Gasteiger partial charge in [0, 0.05) is 26.2 Å². The summed E-state index contributed by atoms with van der Waals surface area (Å²) in [6, 6.07) is 8.25. The lowest BCUT2D eigenvalue weighted by molar-refractivity contribution is -0.131. The zero-order valence-corrected chi connectivity index (χ0v) is 15.1. The van der Waals surface area contributed by atoms with E-state index in [1.165, 1.54) is 12.1 Å². The van der Waals surface area contributed by atoms with Gasteiger partial charge in [-0.2, -0.15) is 0 Å². The molecule has 2 heterocycles. The Hall–Kier alpha value is -2.18. The molecule has 1 aromatic carbocycles. The van der Waals surface area contributed by atoms with Crippen molar-refractivity contribution < 1.29 is 18.3 Å². The molecular weight excluding hydrogens is 335 g/mol. The smallest absolute Gasteiger partial charge is 0.227 e. The molecule has 1 aliphatic heterocycles. The van der Waals surface area contributed by atoms with Gasteiger partial charge in [-0.05, 0) is 42.3 Å². The summed E-state index contributed by atoms with van der Waals surface area (Å²) in [5.74, 6) is 0.406. The summed E-state index contributed by atoms with van der Waals surface area (Å²) in [4.78, 5) is 17.0. The first-order valence-corrected chi connectivity index (χ1v) is 8.97. The van der Waals surface area contributed by atoms with Crippen LogP contribution < -0.4 is 0 Å². The molecule has 0 bridgehead atoms. The van der Waals surface area contributed by atoms with Crippen molar-refractivity contribution >= 4 is 5.91 Å². The molecule has 1 aromatic heterocycles. The van der Waals surface area contributed by atoms with Crippen LogP contribution in [0.4, 0.5) is 4.39 Å². The number of carbonyl (C=O) groups is 1. The maximum Gasteiger partial charge on any atom is 0.227 e. The number of ether oxygens (including phenoxy) is 1. The molecule has 1 aliphatic rings. The van der Waals surface area contributed by atoms with E-state index in [-0.39, 0.29) is 18.1 Å². The van der Waals surface area contributed by atoms with Crippen LogP contribution in [0, 0.1) is 12.7 Å². The summed E-state index contributed by atoms with van der Waals surface area (Å²) >= 11 is 0. The van der Waals surface area contributed by atoms with Gasteiger partial charge in [0.05, 0.1) is 32.4 Å². The second-order valence-electron chi connectivity index (χ2n) is 6.60. The summed E-state index contributed by atoms with van der Waals surface area (Å²) in [5, 5.41) is 0. The number of carbonyl (C=O) groups excluding carboxylic acids is 1. The van der Waals surface area contributed by atoms with Crippen LogP contribution in [-0.4, -0.2) is 55.1 Å². The quantitative estimate of drug-likeness (QED) is 0.762.